The maximum atomic E-state index is 11.0. The van der Waals surface area contributed by atoms with E-state index in [4.69, 9.17) is 0 Å². The third-order valence-electron chi connectivity index (χ3n) is 2.28. The molecule has 0 aromatic carbocycles. The zero-order valence-corrected chi connectivity index (χ0v) is 7.05. The van der Waals surface area contributed by atoms with Gasteiger partial charge in [-0.05, 0) is 12.3 Å². The van der Waals surface area contributed by atoms with Crippen LogP contribution in [0.2, 0.25) is 0 Å². The molecule has 1 N–H and O–H groups in total. The van der Waals surface area contributed by atoms with Gasteiger partial charge in [0.25, 0.3) is 0 Å². The van der Waals surface area contributed by atoms with E-state index in [-0.39, 0.29) is 11.9 Å². The van der Waals surface area contributed by atoms with Crippen LogP contribution in [-0.4, -0.2) is 17.0 Å². The van der Waals surface area contributed by atoms with E-state index in [0.717, 1.165) is 19.3 Å². The van der Waals surface area contributed by atoms with Crippen LogP contribution in [-0.2, 0) is 4.79 Å². The van der Waals surface area contributed by atoms with Crippen LogP contribution >= 0.6 is 0 Å². The van der Waals surface area contributed by atoms with Gasteiger partial charge in [0.2, 0.25) is 0 Å². The van der Waals surface area contributed by atoms with Crippen LogP contribution in [0.1, 0.15) is 39.0 Å². The van der Waals surface area contributed by atoms with E-state index in [9.17, 15) is 9.90 Å². The lowest BCUT2D eigenvalue weighted by atomic mass is 9.84. The average Bonchev–Trinajstić information content (AvgIpc) is 1.85. The van der Waals surface area contributed by atoms with Gasteiger partial charge in [0.05, 0.1) is 6.10 Å². The van der Waals surface area contributed by atoms with Crippen molar-refractivity contribution in [3.8, 4) is 0 Å². The first-order valence-corrected chi connectivity index (χ1v) is 4.42. The van der Waals surface area contributed by atoms with Gasteiger partial charge in [0.1, 0.15) is 5.78 Å². The molecule has 0 unspecified atom stereocenters. The number of ketones is 1. The lowest BCUT2D eigenvalue weighted by Gasteiger charge is -2.24. The zero-order chi connectivity index (χ0) is 8.27. The summed E-state index contributed by atoms with van der Waals surface area (Å²) >= 11 is 0. The van der Waals surface area contributed by atoms with Crippen molar-refractivity contribution in [3.05, 3.63) is 0 Å². The van der Waals surface area contributed by atoms with Crippen molar-refractivity contribution in [2.45, 2.75) is 45.1 Å². The Morgan fingerprint density at radius 3 is 2.82 bits per heavy atom. The molecule has 0 saturated heterocycles. The molecule has 1 rings (SSSR count). The quantitative estimate of drug-likeness (QED) is 0.658. The van der Waals surface area contributed by atoms with Crippen molar-refractivity contribution < 1.29 is 9.90 Å². The smallest absolute Gasteiger partial charge is 0.135 e. The van der Waals surface area contributed by atoms with Crippen LogP contribution in [0.25, 0.3) is 0 Å². The first-order chi connectivity index (χ1) is 5.22. The second kappa shape index (κ2) is 3.86. The number of Topliss-reactive ketones (excluding diaryl/α,β-unsaturated/α-hetero) is 1. The fourth-order valence-corrected chi connectivity index (χ4v) is 1.85. The number of hydrogen-bond acceptors (Lipinski definition) is 2. The zero-order valence-electron chi connectivity index (χ0n) is 7.05. The highest BCUT2D eigenvalue weighted by atomic mass is 16.3. The summed E-state index contributed by atoms with van der Waals surface area (Å²) in [6.07, 6.45) is 3.77. The minimum atomic E-state index is -0.354. The van der Waals surface area contributed by atoms with Gasteiger partial charge in [-0.1, -0.05) is 19.8 Å². The predicted octanol–water partition coefficient (Wildman–Crippen LogP) is 1.52. The molecule has 2 atom stereocenters. The monoisotopic (exact) mass is 156 g/mol. The molecule has 2 heteroatoms. The maximum absolute atomic E-state index is 11.0. The topological polar surface area (TPSA) is 37.3 Å². The molecule has 0 radical (unpaired) electrons. The molecule has 1 aliphatic rings. The standard InChI is InChI=1S/C9H16O2/c1-2-3-7-4-8(10)6-9(11)5-7/h7-8,10H,2-6H2,1H3/t7-,8-/m1/s1. The van der Waals surface area contributed by atoms with Crippen molar-refractivity contribution in [1.82, 2.24) is 0 Å². The van der Waals surface area contributed by atoms with E-state index in [1.807, 2.05) is 0 Å². The molecule has 11 heavy (non-hydrogen) atoms. The van der Waals surface area contributed by atoms with E-state index in [2.05, 4.69) is 6.92 Å². The number of rotatable bonds is 2. The van der Waals surface area contributed by atoms with Crippen molar-refractivity contribution in [1.29, 1.82) is 0 Å². The van der Waals surface area contributed by atoms with Gasteiger partial charge in [-0.15, -0.1) is 0 Å². The number of carbonyl (C=O) groups excluding carboxylic acids is 1. The summed E-state index contributed by atoms with van der Waals surface area (Å²) < 4.78 is 0. The molecule has 1 aliphatic carbocycles. The summed E-state index contributed by atoms with van der Waals surface area (Å²) in [7, 11) is 0. The fraction of sp³-hybridized carbons (Fsp3) is 0.889. The third kappa shape index (κ3) is 2.62. The highest BCUT2D eigenvalue weighted by Crippen LogP contribution is 2.25. The van der Waals surface area contributed by atoms with Crippen LogP contribution in [0, 0.1) is 5.92 Å². The SMILES string of the molecule is CCC[C@H]1CC(=O)C[C@H](O)C1. The molecule has 0 amide bonds. The molecule has 0 aromatic heterocycles. The molecule has 1 saturated carbocycles. The Morgan fingerprint density at radius 2 is 2.27 bits per heavy atom. The molecular weight excluding hydrogens is 140 g/mol. The van der Waals surface area contributed by atoms with Crippen molar-refractivity contribution in [2.24, 2.45) is 5.92 Å². The van der Waals surface area contributed by atoms with Crippen molar-refractivity contribution in [2.75, 3.05) is 0 Å². The Bertz CT molecular complexity index is 142. The highest BCUT2D eigenvalue weighted by molar-refractivity contribution is 5.79. The van der Waals surface area contributed by atoms with E-state index >= 15 is 0 Å². The summed E-state index contributed by atoms with van der Waals surface area (Å²) in [5.74, 6) is 0.693. The Labute approximate surface area is 67.6 Å². The number of aliphatic hydroxyl groups excluding tert-OH is 1. The van der Waals surface area contributed by atoms with Gasteiger partial charge in [0, 0.05) is 12.8 Å². The Balaban J connectivity index is 2.36. The van der Waals surface area contributed by atoms with E-state index in [1.165, 1.54) is 0 Å². The van der Waals surface area contributed by atoms with Gasteiger partial charge < -0.3 is 5.11 Å². The van der Waals surface area contributed by atoms with Crippen molar-refractivity contribution >= 4 is 5.78 Å². The molecule has 0 spiro atoms. The normalized spacial score (nSPS) is 32.4. The fourth-order valence-electron chi connectivity index (χ4n) is 1.85. The lowest BCUT2D eigenvalue weighted by molar-refractivity contribution is -0.124. The molecule has 1 fully saturated rings. The molecule has 0 heterocycles. The summed E-state index contributed by atoms with van der Waals surface area (Å²) in [5, 5.41) is 9.26. The lowest BCUT2D eigenvalue weighted by Crippen LogP contribution is -2.26. The van der Waals surface area contributed by atoms with Gasteiger partial charge in [0.15, 0.2) is 0 Å². The largest absolute Gasteiger partial charge is 0.393 e. The van der Waals surface area contributed by atoms with Crippen LogP contribution in [0.5, 0.6) is 0 Å². The first kappa shape index (κ1) is 8.72. The van der Waals surface area contributed by atoms with E-state index in [0.29, 0.717) is 18.8 Å². The summed E-state index contributed by atoms with van der Waals surface area (Å²) in [5.41, 5.74) is 0. The second-order valence-corrected chi connectivity index (χ2v) is 3.49. The van der Waals surface area contributed by atoms with Crippen LogP contribution in [0.4, 0.5) is 0 Å². The van der Waals surface area contributed by atoms with Gasteiger partial charge in [-0.25, -0.2) is 0 Å². The third-order valence-corrected chi connectivity index (χ3v) is 2.28. The van der Waals surface area contributed by atoms with Crippen LogP contribution in [0.3, 0.4) is 0 Å². The minimum absolute atomic E-state index is 0.238. The number of carbonyl (C=O) groups is 1. The molecule has 0 aromatic rings. The van der Waals surface area contributed by atoms with E-state index < -0.39 is 0 Å². The summed E-state index contributed by atoms with van der Waals surface area (Å²) in [6.45, 7) is 2.12. The summed E-state index contributed by atoms with van der Waals surface area (Å²) in [4.78, 5) is 11.0. The average molecular weight is 156 g/mol. The molecule has 0 aliphatic heterocycles. The molecule has 2 nitrogen and oxygen atoms in total. The van der Waals surface area contributed by atoms with Crippen LogP contribution < -0.4 is 0 Å². The Hall–Kier alpha value is -0.370. The molecule has 0 bridgehead atoms. The maximum Gasteiger partial charge on any atom is 0.135 e. The number of aliphatic hydroxyl groups is 1. The Morgan fingerprint density at radius 1 is 1.55 bits per heavy atom. The van der Waals surface area contributed by atoms with Gasteiger partial charge >= 0.3 is 0 Å². The minimum Gasteiger partial charge on any atom is -0.393 e. The summed E-state index contributed by atoms with van der Waals surface area (Å²) in [6, 6.07) is 0. The Kier molecular flexibility index (Phi) is 3.06. The predicted molar refractivity (Wildman–Crippen MR) is 43.3 cm³/mol. The van der Waals surface area contributed by atoms with Gasteiger partial charge in [-0.2, -0.15) is 0 Å². The van der Waals surface area contributed by atoms with Gasteiger partial charge in [-0.3, -0.25) is 4.79 Å². The molecule has 64 valence electrons. The van der Waals surface area contributed by atoms with Crippen molar-refractivity contribution in [3.63, 3.8) is 0 Å². The number of hydrogen-bond donors (Lipinski definition) is 1. The van der Waals surface area contributed by atoms with E-state index in [1.54, 1.807) is 0 Å². The first-order valence-electron chi connectivity index (χ1n) is 4.42. The molecular formula is C9H16O2. The van der Waals surface area contributed by atoms with Crippen LogP contribution in [0.15, 0.2) is 0 Å². The second-order valence-electron chi connectivity index (χ2n) is 3.49. The highest BCUT2D eigenvalue weighted by Gasteiger charge is 2.24.